The van der Waals surface area contributed by atoms with Gasteiger partial charge in [-0.2, -0.15) is 0 Å². The number of hydrogen-bond donors (Lipinski definition) is 2. The van der Waals surface area contributed by atoms with Crippen LogP contribution in [0.1, 0.15) is 51.9 Å². The molecular formula is C15H26N2O3. The highest BCUT2D eigenvalue weighted by atomic mass is 16.4. The van der Waals surface area contributed by atoms with Gasteiger partial charge in [0.2, 0.25) is 0 Å². The van der Waals surface area contributed by atoms with Gasteiger partial charge in [0.25, 0.3) is 0 Å². The first-order valence-corrected chi connectivity index (χ1v) is 7.77. The zero-order valence-electron chi connectivity index (χ0n) is 12.4. The molecule has 0 aromatic rings. The van der Waals surface area contributed by atoms with E-state index in [4.69, 9.17) is 0 Å². The molecule has 1 atom stereocenters. The standard InChI is InChI=1S/C15H26N2O3/c1-15(13(18)19)8-5-9-17(11-15)14(20)16-10-12-6-3-2-4-7-12/h12H,2-11H2,1H3,(H,16,20)(H,18,19). The lowest BCUT2D eigenvalue weighted by molar-refractivity contribution is -0.150. The molecule has 1 heterocycles. The summed E-state index contributed by atoms with van der Waals surface area (Å²) in [5.41, 5.74) is -0.791. The van der Waals surface area contributed by atoms with Gasteiger partial charge in [0, 0.05) is 19.6 Å². The molecule has 1 aliphatic heterocycles. The molecule has 0 radical (unpaired) electrons. The quantitative estimate of drug-likeness (QED) is 0.835. The third-order valence-electron chi connectivity index (χ3n) is 4.77. The highest BCUT2D eigenvalue weighted by molar-refractivity contribution is 5.78. The highest BCUT2D eigenvalue weighted by Crippen LogP contribution is 2.29. The number of carboxylic acid groups (broad SMARTS) is 1. The van der Waals surface area contributed by atoms with Crippen LogP contribution >= 0.6 is 0 Å². The topological polar surface area (TPSA) is 69.6 Å². The first-order chi connectivity index (χ1) is 9.51. The number of carbonyl (C=O) groups excluding carboxylic acids is 1. The summed E-state index contributed by atoms with van der Waals surface area (Å²) in [7, 11) is 0. The fourth-order valence-electron chi connectivity index (χ4n) is 3.32. The van der Waals surface area contributed by atoms with Gasteiger partial charge in [-0.1, -0.05) is 19.3 Å². The Hall–Kier alpha value is -1.26. The monoisotopic (exact) mass is 282 g/mol. The van der Waals surface area contributed by atoms with Crippen LogP contribution in [0.15, 0.2) is 0 Å². The summed E-state index contributed by atoms with van der Waals surface area (Å²) >= 11 is 0. The predicted octanol–water partition coefficient (Wildman–Crippen LogP) is 2.46. The van der Waals surface area contributed by atoms with Crippen LogP contribution < -0.4 is 5.32 Å². The molecule has 1 unspecified atom stereocenters. The van der Waals surface area contributed by atoms with Crippen LogP contribution in [0.5, 0.6) is 0 Å². The second-order valence-corrected chi connectivity index (χ2v) is 6.58. The zero-order chi connectivity index (χ0) is 14.6. The average molecular weight is 282 g/mol. The van der Waals surface area contributed by atoms with Gasteiger partial charge in [0.15, 0.2) is 0 Å². The van der Waals surface area contributed by atoms with Crippen molar-refractivity contribution in [1.29, 1.82) is 0 Å². The molecule has 20 heavy (non-hydrogen) atoms. The number of carboxylic acids is 1. The average Bonchev–Trinajstić information content (AvgIpc) is 2.46. The number of rotatable bonds is 3. The van der Waals surface area contributed by atoms with Crippen molar-refractivity contribution in [2.24, 2.45) is 11.3 Å². The molecule has 114 valence electrons. The van der Waals surface area contributed by atoms with E-state index in [2.05, 4.69) is 5.32 Å². The van der Waals surface area contributed by atoms with E-state index in [1.165, 1.54) is 32.1 Å². The van der Waals surface area contributed by atoms with Crippen molar-refractivity contribution < 1.29 is 14.7 Å². The summed E-state index contributed by atoms with van der Waals surface area (Å²) in [5.74, 6) is -0.203. The Bertz CT molecular complexity index is 366. The number of hydrogen-bond acceptors (Lipinski definition) is 2. The van der Waals surface area contributed by atoms with Gasteiger partial charge < -0.3 is 15.3 Å². The lowest BCUT2D eigenvalue weighted by atomic mass is 9.82. The molecule has 2 amide bonds. The molecule has 2 fully saturated rings. The van der Waals surface area contributed by atoms with Crippen LogP contribution in [-0.4, -0.2) is 41.6 Å². The first-order valence-electron chi connectivity index (χ1n) is 7.77. The Balaban J connectivity index is 1.81. The molecule has 2 aliphatic rings. The summed E-state index contributed by atoms with van der Waals surface area (Å²) in [4.78, 5) is 25.1. The van der Waals surface area contributed by atoms with Gasteiger partial charge >= 0.3 is 12.0 Å². The SMILES string of the molecule is CC1(C(=O)O)CCCN(C(=O)NCC2CCCCC2)C1. The number of aliphatic carboxylic acids is 1. The van der Waals surface area contributed by atoms with E-state index in [0.29, 0.717) is 25.4 Å². The molecule has 5 heteroatoms. The number of likely N-dealkylation sites (tertiary alicyclic amines) is 1. The van der Waals surface area contributed by atoms with Crippen molar-refractivity contribution in [3.05, 3.63) is 0 Å². The van der Waals surface area contributed by atoms with Gasteiger partial charge in [0.1, 0.15) is 0 Å². The second kappa shape index (κ2) is 6.46. The van der Waals surface area contributed by atoms with Crippen LogP contribution in [0, 0.1) is 11.3 Å². The number of nitrogens with one attached hydrogen (secondary N) is 1. The summed E-state index contributed by atoms with van der Waals surface area (Å²) in [6.07, 6.45) is 7.66. The van der Waals surface area contributed by atoms with E-state index in [1.807, 2.05) is 0 Å². The van der Waals surface area contributed by atoms with Crippen molar-refractivity contribution in [2.45, 2.75) is 51.9 Å². The summed E-state index contributed by atoms with van der Waals surface area (Å²) in [6, 6.07) is -0.0947. The maximum absolute atomic E-state index is 12.2. The molecule has 0 aromatic heterocycles. The molecule has 1 aliphatic carbocycles. The number of urea groups is 1. The number of amides is 2. The smallest absolute Gasteiger partial charge is 0.317 e. The minimum atomic E-state index is -0.803. The summed E-state index contributed by atoms with van der Waals surface area (Å²) in [5, 5.41) is 12.3. The van der Waals surface area contributed by atoms with Gasteiger partial charge in [-0.3, -0.25) is 4.79 Å². The molecule has 0 spiro atoms. The van der Waals surface area contributed by atoms with Crippen LogP contribution in [0.25, 0.3) is 0 Å². The Labute approximate surface area is 120 Å². The lowest BCUT2D eigenvalue weighted by Crippen LogP contribution is -2.52. The number of nitrogens with zero attached hydrogens (tertiary/aromatic N) is 1. The van der Waals surface area contributed by atoms with Gasteiger partial charge in [-0.15, -0.1) is 0 Å². The second-order valence-electron chi connectivity index (χ2n) is 6.58. The maximum Gasteiger partial charge on any atom is 0.317 e. The highest BCUT2D eigenvalue weighted by Gasteiger charge is 2.39. The molecule has 2 rings (SSSR count). The fraction of sp³-hybridized carbons (Fsp3) is 0.867. The predicted molar refractivity (Wildman–Crippen MR) is 76.5 cm³/mol. The third kappa shape index (κ3) is 3.64. The van der Waals surface area contributed by atoms with Crippen molar-refractivity contribution in [1.82, 2.24) is 10.2 Å². The molecule has 1 saturated heterocycles. The van der Waals surface area contributed by atoms with E-state index >= 15 is 0 Å². The Morgan fingerprint density at radius 2 is 1.95 bits per heavy atom. The molecular weight excluding hydrogens is 256 g/mol. The van der Waals surface area contributed by atoms with E-state index in [9.17, 15) is 14.7 Å². The summed E-state index contributed by atoms with van der Waals surface area (Å²) < 4.78 is 0. The summed E-state index contributed by atoms with van der Waals surface area (Å²) in [6.45, 7) is 3.45. The van der Waals surface area contributed by atoms with Crippen molar-refractivity contribution in [3.8, 4) is 0 Å². The maximum atomic E-state index is 12.2. The largest absolute Gasteiger partial charge is 0.481 e. The molecule has 0 bridgehead atoms. The molecule has 0 aromatic carbocycles. The van der Waals surface area contributed by atoms with Gasteiger partial charge in [-0.05, 0) is 38.5 Å². The van der Waals surface area contributed by atoms with Gasteiger partial charge in [0.05, 0.1) is 5.41 Å². The molecule has 2 N–H and O–H groups in total. The van der Waals surface area contributed by atoms with Crippen molar-refractivity contribution in [3.63, 3.8) is 0 Å². The lowest BCUT2D eigenvalue weighted by Gasteiger charge is -2.37. The minimum Gasteiger partial charge on any atom is -0.481 e. The number of piperidine rings is 1. The Morgan fingerprint density at radius 3 is 2.60 bits per heavy atom. The van der Waals surface area contributed by atoms with Crippen LogP contribution in [0.4, 0.5) is 4.79 Å². The van der Waals surface area contributed by atoms with Crippen LogP contribution in [0.3, 0.4) is 0 Å². The van der Waals surface area contributed by atoms with E-state index in [0.717, 1.165) is 13.0 Å². The van der Waals surface area contributed by atoms with Crippen molar-refractivity contribution >= 4 is 12.0 Å². The Kier molecular flexibility index (Phi) is 4.89. The van der Waals surface area contributed by atoms with Crippen LogP contribution in [-0.2, 0) is 4.79 Å². The molecule has 5 nitrogen and oxygen atoms in total. The van der Waals surface area contributed by atoms with Crippen molar-refractivity contribution in [2.75, 3.05) is 19.6 Å². The van der Waals surface area contributed by atoms with E-state index in [-0.39, 0.29) is 6.03 Å². The van der Waals surface area contributed by atoms with E-state index < -0.39 is 11.4 Å². The third-order valence-corrected chi connectivity index (χ3v) is 4.77. The normalized spacial score (nSPS) is 28.1. The number of carbonyl (C=O) groups is 2. The minimum absolute atomic E-state index is 0.0947. The van der Waals surface area contributed by atoms with Crippen LogP contribution in [0.2, 0.25) is 0 Å². The Morgan fingerprint density at radius 1 is 1.25 bits per heavy atom. The fourth-order valence-corrected chi connectivity index (χ4v) is 3.32. The first kappa shape index (κ1) is 15.1. The zero-order valence-corrected chi connectivity index (χ0v) is 12.4. The molecule has 1 saturated carbocycles. The van der Waals surface area contributed by atoms with E-state index in [1.54, 1.807) is 11.8 Å². The van der Waals surface area contributed by atoms with Gasteiger partial charge in [-0.25, -0.2) is 4.79 Å².